The number of carbonyl (C=O) groups excluding carboxylic acids is 1. The zero-order valence-electron chi connectivity index (χ0n) is 5.42. The highest BCUT2D eigenvalue weighted by Crippen LogP contribution is 1.72. The van der Waals surface area contributed by atoms with Gasteiger partial charge in [-0.1, -0.05) is 0 Å². The van der Waals surface area contributed by atoms with Crippen molar-refractivity contribution in [3.63, 3.8) is 0 Å². The van der Waals surface area contributed by atoms with Gasteiger partial charge in [0.25, 0.3) is 0 Å². The van der Waals surface area contributed by atoms with Gasteiger partial charge < -0.3 is 16.2 Å². The molecule has 0 aromatic rings. The van der Waals surface area contributed by atoms with Gasteiger partial charge in [-0.05, 0) is 6.92 Å². The van der Waals surface area contributed by atoms with Crippen molar-refractivity contribution in [1.29, 1.82) is 0 Å². The van der Waals surface area contributed by atoms with Crippen LogP contribution in [0.2, 0.25) is 0 Å². The second kappa shape index (κ2) is 4.29. The summed E-state index contributed by atoms with van der Waals surface area (Å²) in [5, 5.41) is 10.7. The van der Waals surface area contributed by atoms with Gasteiger partial charge in [-0.2, -0.15) is 0 Å². The number of carbonyl (C=O) groups is 1. The van der Waals surface area contributed by atoms with Crippen molar-refractivity contribution in [2.24, 2.45) is 5.73 Å². The minimum Gasteiger partial charge on any atom is -0.395 e. The number of aliphatic hydroxyl groups is 1. The van der Waals surface area contributed by atoms with E-state index in [2.05, 4.69) is 5.32 Å². The van der Waals surface area contributed by atoms with Gasteiger partial charge in [0.2, 0.25) is 5.91 Å². The Bertz CT molecular complexity index is 93.0. The molecule has 0 saturated carbocycles. The Morgan fingerprint density at radius 1 is 1.89 bits per heavy atom. The summed E-state index contributed by atoms with van der Waals surface area (Å²) in [6.45, 7) is 1.82. The highest BCUT2D eigenvalue weighted by Gasteiger charge is 2.03. The predicted octanol–water partition coefficient (Wildman–Crippen LogP) is -1.56. The Labute approximate surface area is 54.0 Å². The summed E-state index contributed by atoms with van der Waals surface area (Å²) >= 11 is 0. The van der Waals surface area contributed by atoms with Gasteiger partial charge >= 0.3 is 0 Å². The van der Waals surface area contributed by atoms with E-state index in [1.54, 1.807) is 6.92 Å². The molecule has 0 aromatic carbocycles. The molecule has 0 heterocycles. The zero-order chi connectivity index (χ0) is 7.28. The third-order valence-corrected chi connectivity index (χ3v) is 0.825. The fourth-order valence-electron chi connectivity index (χ4n) is 0.340. The average Bonchev–Trinajstić information content (AvgIpc) is 1.82. The Hall–Kier alpha value is -0.610. The topological polar surface area (TPSA) is 75.4 Å². The van der Waals surface area contributed by atoms with Gasteiger partial charge in [-0.3, -0.25) is 4.79 Å². The number of amides is 1. The smallest absolute Gasteiger partial charge is 0.236 e. The first-order valence-electron chi connectivity index (χ1n) is 2.82. The summed E-state index contributed by atoms with van der Waals surface area (Å²) in [4.78, 5) is 10.6. The second-order valence-corrected chi connectivity index (χ2v) is 1.80. The van der Waals surface area contributed by atoms with E-state index in [4.69, 9.17) is 10.8 Å². The molecule has 0 aliphatic heterocycles. The molecule has 1 atom stereocenters. The molecule has 0 saturated heterocycles. The Morgan fingerprint density at radius 3 is 2.78 bits per heavy atom. The quantitative estimate of drug-likeness (QED) is 0.435. The molecule has 4 N–H and O–H groups in total. The molecule has 4 nitrogen and oxygen atoms in total. The molecular weight excluding hydrogens is 120 g/mol. The van der Waals surface area contributed by atoms with E-state index >= 15 is 0 Å². The largest absolute Gasteiger partial charge is 0.395 e. The van der Waals surface area contributed by atoms with Crippen molar-refractivity contribution >= 4 is 5.91 Å². The monoisotopic (exact) mass is 132 g/mol. The normalized spacial score (nSPS) is 12.8. The highest BCUT2D eigenvalue weighted by atomic mass is 16.3. The lowest BCUT2D eigenvalue weighted by atomic mass is 10.3. The first-order valence-corrected chi connectivity index (χ1v) is 2.82. The van der Waals surface area contributed by atoms with E-state index in [0.717, 1.165) is 0 Å². The van der Waals surface area contributed by atoms with E-state index in [1.165, 1.54) is 0 Å². The first-order chi connectivity index (χ1) is 4.18. The molecule has 0 spiro atoms. The highest BCUT2D eigenvalue weighted by molar-refractivity contribution is 5.80. The molecule has 0 bridgehead atoms. The molecule has 1 unspecified atom stereocenters. The van der Waals surface area contributed by atoms with E-state index in [1.807, 2.05) is 0 Å². The third kappa shape index (κ3) is 3.93. The van der Waals surface area contributed by atoms with Crippen molar-refractivity contribution in [1.82, 2.24) is 5.32 Å². The molecule has 9 heavy (non-hydrogen) atoms. The average molecular weight is 132 g/mol. The van der Waals surface area contributed by atoms with Crippen LogP contribution < -0.4 is 11.1 Å². The molecule has 4 heteroatoms. The molecule has 54 valence electrons. The SMILES string of the molecule is CC(N)C(=O)NCCO. The van der Waals surface area contributed by atoms with Crippen LogP contribution in [-0.2, 0) is 4.79 Å². The number of hydrogen-bond acceptors (Lipinski definition) is 3. The van der Waals surface area contributed by atoms with Crippen molar-refractivity contribution in [2.45, 2.75) is 13.0 Å². The summed E-state index contributed by atoms with van der Waals surface area (Å²) in [7, 11) is 0. The van der Waals surface area contributed by atoms with Gasteiger partial charge in [0.1, 0.15) is 0 Å². The number of rotatable bonds is 3. The molecular formula is C5H12N2O2. The number of aliphatic hydroxyl groups excluding tert-OH is 1. The second-order valence-electron chi connectivity index (χ2n) is 1.80. The maximum Gasteiger partial charge on any atom is 0.236 e. The van der Waals surface area contributed by atoms with Crippen LogP contribution in [0, 0.1) is 0 Å². The van der Waals surface area contributed by atoms with Crippen molar-refractivity contribution in [3.8, 4) is 0 Å². The van der Waals surface area contributed by atoms with E-state index in [0.29, 0.717) is 0 Å². The molecule has 0 aliphatic carbocycles. The van der Waals surface area contributed by atoms with Crippen molar-refractivity contribution in [2.75, 3.05) is 13.2 Å². The van der Waals surface area contributed by atoms with Crippen LogP contribution in [0.5, 0.6) is 0 Å². The van der Waals surface area contributed by atoms with Gasteiger partial charge in [0.15, 0.2) is 0 Å². The Morgan fingerprint density at radius 2 is 2.44 bits per heavy atom. The van der Waals surface area contributed by atoms with Crippen LogP contribution in [0.25, 0.3) is 0 Å². The maximum atomic E-state index is 10.6. The lowest BCUT2D eigenvalue weighted by molar-refractivity contribution is -0.122. The van der Waals surface area contributed by atoms with Gasteiger partial charge in [-0.15, -0.1) is 0 Å². The fraction of sp³-hybridized carbons (Fsp3) is 0.800. The molecule has 0 aromatic heterocycles. The maximum absolute atomic E-state index is 10.6. The van der Waals surface area contributed by atoms with Crippen LogP contribution >= 0.6 is 0 Å². The lowest BCUT2D eigenvalue weighted by Crippen LogP contribution is -2.39. The number of nitrogens with one attached hydrogen (secondary N) is 1. The predicted molar refractivity (Wildman–Crippen MR) is 33.7 cm³/mol. The number of nitrogens with two attached hydrogens (primary N) is 1. The van der Waals surface area contributed by atoms with E-state index < -0.39 is 6.04 Å². The van der Waals surface area contributed by atoms with Gasteiger partial charge in [0.05, 0.1) is 12.6 Å². The first kappa shape index (κ1) is 8.39. The lowest BCUT2D eigenvalue weighted by Gasteiger charge is -2.04. The zero-order valence-corrected chi connectivity index (χ0v) is 5.42. The summed E-state index contributed by atoms with van der Waals surface area (Å²) in [6.07, 6.45) is 0. The summed E-state index contributed by atoms with van der Waals surface area (Å²) in [6, 6.07) is -0.489. The summed E-state index contributed by atoms with van der Waals surface area (Å²) in [5.41, 5.74) is 5.18. The standard InChI is InChI=1S/C5H12N2O2/c1-4(6)5(9)7-2-3-8/h4,8H,2-3,6H2,1H3,(H,7,9). The fourth-order valence-corrected chi connectivity index (χ4v) is 0.340. The van der Waals surface area contributed by atoms with E-state index in [9.17, 15) is 4.79 Å². The molecule has 0 radical (unpaired) electrons. The van der Waals surface area contributed by atoms with Crippen LogP contribution in [-0.4, -0.2) is 30.2 Å². The Balaban J connectivity index is 3.28. The van der Waals surface area contributed by atoms with Gasteiger partial charge in [0, 0.05) is 6.54 Å². The summed E-state index contributed by atoms with van der Waals surface area (Å²) < 4.78 is 0. The summed E-state index contributed by atoms with van der Waals surface area (Å²) in [5.74, 6) is -0.232. The Kier molecular flexibility index (Phi) is 4.00. The van der Waals surface area contributed by atoms with E-state index in [-0.39, 0.29) is 19.1 Å². The molecule has 0 fully saturated rings. The van der Waals surface area contributed by atoms with Crippen LogP contribution in [0.4, 0.5) is 0 Å². The third-order valence-electron chi connectivity index (χ3n) is 0.825. The minimum atomic E-state index is -0.489. The molecule has 1 amide bonds. The number of hydrogen-bond donors (Lipinski definition) is 3. The van der Waals surface area contributed by atoms with Crippen LogP contribution in [0.3, 0.4) is 0 Å². The molecule has 0 rings (SSSR count). The minimum absolute atomic E-state index is 0.0432. The van der Waals surface area contributed by atoms with Crippen LogP contribution in [0.1, 0.15) is 6.92 Å². The van der Waals surface area contributed by atoms with Gasteiger partial charge in [-0.25, -0.2) is 0 Å². The van der Waals surface area contributed by atoms with Crippen molar-refractivity contribution < 1.29 is 9.90 Å². The van der Waals surface area contributed by atoms with Crippen LogP contribution in [0.15, 0.2) is 0 Å². The molecule has 0 aliphatic rings. The van der Waals surface area contributed by atoms with Crippen molar-refractivity contribution in [3.05, 3.63) is 0 Å².